The number of carbonyl (C=O) groups excluding carboxylic acids is 2. The van der Waals surface area contributed by atoms with Crippen LogP contribution in [0.25, 0.3) is 0 Å². The summed E-state index contributed by atoms with van der Waals surface area (Å²) in [5.74, 6) is -1.79. The van der Waals surface area contributed by atoms with Gasteiger partial charge in [-0.3, -0.25) is 19.7 Å². The van der Waals surface area contributed by atoms with E-state index in [2.05, 4.69) is 10.6 Å². The molecule has 1 rings (SSSR count). The van der Waals surface area contributed by atoms with Crippen molar-refractivity contribution in [1.82, 2.24) is 10.6 Å². The van der Waals surface area contributed by atoms with E-state index in [9.17, 15) is 24.1 Å². The lowest BCUT2D eigenvalue weighted by Gasteiger charge is -2.06. The number of carbonyl (C=O) groups is 2. The van der Waals surface area contributed by atoms with Gasteiger partial charge in [-0.05, 0) is 19.1 Å². The smallest absolute Gasteiger partial charge is 0.282 e. The SMILES string of the molecule is CCNC(=O)CCNC(=O)c1cc(F)ccc1[N+](=O)[O-]. The maximum Gasteiger partial charge on any atom is 0.282 e. The van der Waals surface area contributed by atoms with E-state index in [-0.39, 0.29) is 24.4 Å². The lowest BCUT2D eigenvalue weighted by atomic mass is 10.1. The van der Waals surface area contributed by atoms with Crippen LogP contribution in [0.5, 0.6) is 0 Å². The second-order valence-electron chi connectivity index (χ2n) is 3.88. The largest absolute Gasteiger partial charge is 0.356 e. The van der Waals surface area contributed by atoms with Crippen LogP contribution in [0.2, 0.25) is 0 Å². The Morgan fingerprint density at radius 2 is 2.05 bits per heavy atom. The van der Waals surface area contributed by atoms with Gasteiger partial charge >= 0.3 is 0 Å². The highest BCUT2D eigenvalue weighted by Gasteiger charge is 2.20. The van der Waals surface area contributed by atoms with Crippen molar-refractivity contribution in [3.8, 4) is 0 Å². The number of benzene rings is 1. The van der Waals surface area contributed by atoms with E-state index < -0.39 is 22.3 Å². The quantitative estimate of drug-likeness (QED) is 0.600. The van der Waals surface area contributed by atoms with E-state index in [0.717, 1.165) is 18.2 Å². The van der Waals surface area contributed by atoms with Crippen molar-refractivity contribution in [3.05, 3.63) is 39.7 Å². The van der Waals surface area contributed by atoms with Gasteiger partial charge < -0.3 is 10.6 Å². The number of nitro groups is 1. The normalized spacial score (nSPS) is 9.90. The van der Waals surface area contributed by atoms with Crippen LogP contribution >= 0.6 is 0 Å². The summed E-state index contributed by atoms with van der Waals surface area (Å²) in [6, 6.07) is 2.62. The summed E-state index contributed by atoms with van der Waals surface area (Å²) in [5.41, 5.74) is -0.854. The molecule has 8 heteroatoms. The molecule has 0 heterocycles. The van der Waals surface area contributed by atoms with Crippen molar-refractivity contribution < 1.29 is 18.9 Å². The van der Waals surface area contributed by atoms with E-state index in [4.69, 9.17) is 0 Å². The predicted octanol–water partition coefficient (Wildman–Crippen LogP) is 0.990. The predicted molar refractivity (Wildman–Crippen MR) is 68.7 cm³/mol. The van der Waals surface area contributed by atoms with E-state index in [1.807, 2.05) is 0 Å². The second kappa shape index (κ2) is 7.17. The number of hydrogen-bond donors (Lipinski definition) is 2. The standard InChI is InChI=1S/C12H14FN3O4/c1-2-14-11(17)5-6-15-12(18)9-7-8(13)3-4-10(9)16(19)20/h3-4,7H,2,5-6H2,1H3,(H,14,17)(H,15,18). The number of amides is 2. The first-order valence-electron chi connectivity index (χ1n) is 5.94. The molecule has 0 aliphatic carbocycles. The molecule has 0 bridgehead atoms. The topological polar surface area (TPSA) is 101 Å². The summed E-state index contributed by atoms with van der Waals surface area (Å²) in [6.07, 6.45) is 0.0443. The molecule has 2 N–H and O–H groups in total. The van der Waals surface area contributed by atoms with Crippen molar-refractivity contribution in [2.75, 3.05) is 13.1 Å². The van der Waals surface area contributed by atoms with Gasteiger partial charge in [0.2, 0.25) is 5.91 Å². The Kier molecular flexibility index (Phi) is 5.57. The molecule has 0 unspecified atom stereocenters. The molecule has 0 fully saturated rings. The third-order valence-corrected chi connectivity index (χ3v) is 2.41. The molecule has 1 aromatic carbocycles. The molecule has 0 saturated heterocycles. The molecule has 1 aromatic rings. The third-order valence-electron chi connectivity index (χ3n) is 2.41. The van der Waals surface area contributed by atoms with Crippen LogP contribution in [0.15, 0.2) is 18.2 Å². The van der Waals surface area contributed by atoms with Crippen molar-refractivity contribution in [2.45, 2.75) is 13.3 Å². The van der Waals surface area contributed by atoms with Gasteiger partial charge in [0, 0.05) is 25.6 Å². The number of nitrogens with one attached hydrogen (secondary N) is 2. The molecular formula is C12H14FN3O4. The Morgan fingerprint density at radius 3 is 2.65 bits per heavy atom. The van der Waals surface area contributed by atoms with Crippen molar-refractivity contribution >= 4 is 17.5 Å². The Morgan fingerprint density at radius 1 is 1.35 bits per heavy atom. The summed E-state index contributed by atoms with van der Waals surface area (Å²) in [7, 11) is 0. The average molecular weight is 283 g/mol. The average Bonchev–Trinajstić information content (AvgIpc) is 2.38. The highest BCUT2D eigenvalue weighted by Crippen LogP contribution is 2.19. The van der Waals surface area contributed by atoms with Gasteiger partial charge in [-0.2, -0.15) is 0 Å². The number of nitrogens with zero attached hydrogens (tertiary/aromatic N) is 1. The molecule has 2 amide bonds. The zero-order valence-electron chi connectivity index (χ0n) is 10.8. The molecule has 0 aromatic heterocycles. The van der Waals surface area contributed by atoms with E-state index in [0.29, 0.717) is 6.54 Å². The van der Waals surface area contributed by atoms with Gasteiger partial charge in [0.1, 0.15) is 11.4 Å². The fourth-order valence-electron chi connectivity index (χ4n) is 1.52. The Bertz CT molecular complexity index is 533. The molecular weight excluding hydrogens is 269 g/mol. The minimum atomic E-state index is -0.791. The highest BCUT2D eigenvalue weighted by molar-refractivity contribution is 5.98. The minimum Gasteiger partial charge on any atom is -0.356 e. The maximum atomic E-state index is 13.1. The Balaban J connectivity index is 2.70. The summed E-state index contributed by atoms with van der Waals surface area (Å²) in [6.45, 7) is 2.24. The van der Waals surface area contributed by atoms with Crippen molar-refractivity contribution in [2.24, 2.45) is 0 Å². The zero-order valence-corrected chi connectivity index (χ0v) is 10.8. The van der Waals surface area contributed by atoms with Crippen LogP contribution in [0.4, 0.5) is 10.1 Å². The van der Waals surface area contributed by atoms with Crippen LogP contribution in [0, 0.1) is 15.9 Å². The Hall–Kier alpha value is -2.51. The Labute approximate surface area is 114 Å². The van der Waals surface area contributed by atoms with Crippen LogP contribution in [-0.2, 0) is 4.79 Å². The van der Waals surface area contributed by atoms with E-state index >= 15 is 0 Å². The highest BCUT2D eigenvalue weighted by atomic mass is 19.1. The minimum absolute atomic E-state index is 0.0122. The molecule has 20 heavy (non-hydrogen) atoms. The van der Waals surface area contributed by atoms with E-state index in [1.54, 1.807) is 6.92 Å². The molecule has 0 aliphatic rings. The fraction of sp³-hybridized carbons (Fsp3) is 0.333. The molecule has 108 valence electrons. The number of nitro benzene ring substituents is 1. The molecule has 7 nitrogen and oxygen atoms in total. The molecule has 0 spiro atoms. The third kappa shape index (κ3) is 4.30. The lowest BCUT2D eigenvalue weighted by Crippen LogP contribution is -2.30. The molecule has 0 aliphatic heterocycles. The number of rotatable bonds is 6. The van der Waals surface area contributed by atoms with Gasteiger partial charge in [-0.25, -0.2) is 4.39 Å². The first kappa shape index (κ1) is 15.5. The lowest BCUT2D eigenvalue weighted by molar-refractivity contribution is -0.385. The van der Waals surface area contributed by atoms with Crippen molar-refractivity contribution in [1.29, 1.82) is 0 Å². The van der Waals surface area contributed by atoms with Gasteiger partial charge in [0.15, 0.2) is 0 Å². The fourth-order valence-corrected chi connectivity index (χ4v) is 1.52. The number of halogens is 1. The zero-order chi connectivity index (χ0) is 15.1. The van der Waals surface area contributed by atoms with Crippen molar-refractivity contribution in [3.63, 3.8) is 0 Å². The van der Waals surface area contributed by atoms with Gasteiger partial charge in [0.25, 0.3) is 11.6 Å². The second-order valence-corrected chi connectivity index (χ2v) is 3.88. The van der Waals surface area contributed by atoms with Gasteiger partial charge in [0.05, 0.1) is 4.92 Å². The summed E-state index contributed by atoms with van der Waals surface area (Å²) >= 11 is 0. The summed E-state index contributed by atoms with van der Waals surface area (Å²) in [4.78, 5) is 32.9. The van der Waals surface area contributed by atoms with Crippen LogP contribution in [0.1, 0.15) is 23.7 Å². The van der Waals surface area contributed by atoms with E-state index in [1.165, 1.54) is 0 Å². The molecule has 0 atom stereocenters. The first-order chi connectivity index (χ1) is 9.45. The monoisotopic (exact) mass is 283 g/mol. The number of hydrogen-bond acceptors (Lipinski definition) is 4. The molecule has 0 saturated carbocycles. The summed E-state index contributed by atoms with van der Waals surface area (Å²) in [5, 5.41) is 15.6. The van der Waals surface area contributed by atoms with Crippen LogP contribution in [-0.4, -0.2) is 29.8 Å². The van der Waals surface area contributed by atoms with Gasteiger partial charge in [-0.15, -0.1) is 0 Å². The van der Waals surface area contributed by atoms with Gasteiger partial charge in [-0.1, -0.05) is 0 Å². The molecule has 0 radical (unpaired) electrons. The maximum absolute atomic E-state index is 13.1. The van der Waals surface area contributed by atoms with Crippen LogP contribution in [0.3, 0.4) is 0 Å². The summed E-state index contributed by atoms with van der Waals surface area (Å²) < 4.78 is 13.1. The first-order valence-corrected chi connectivity index (χ1v) is 5.94. The van der Waals surface area contributed by atoms with Crippen LogP contribution < -0.4 is 10.6 Å².